The van der Waals surface area contributed by atoms with Crippen molar-refractivity contribution in [2.24, 2.45) is 0 Å². The maximum absolute atomic E-state index is 10.5. The lowest BCUT2D eigenvalue weighted by Gasteiger charge is -2.07. The Kier molecular flexibility index (Phi) is 5.20. The molecule has 0 rings (SSSR count). The van der Waals surface area contributed by atoms with Crippen LogP contribution in [-0.2, 0) is 15.6 Å². The van der Waals surface area contributed by atoms with Gasteiger partial charge in [0.15, 0.2) is 0 Å². The molecule has 0 aromatic carbocycles. The van der Waals surface area contributed by atoms with Crippen LogP contribution in [0.5, 0.6) is 0 Å². The zero-order valence-electron chi connectivity index (χ0n) is 6.37. The van der Waals surface area contributed by atoms with Crippen LogP contribution >= 0.6 is 0 Å². The first-order valence-electron chi connectivity index (χ1n) is 3.12. The normalized spacial score (nSPS) is 12.6. The van der Waals surface area contributed by atoms with E-state index in [-0.39, 0.29) is 0 Å². The van der Waals surface area contributed by atoms with Crippen LogP contribution in [0.1, 0.15) is 6.42 Å². The molecule has 0 fully saturated rings. The molecule has 0 heterocycles. The Balaban J connectivity index is 3.19. The van der Waals surface area contributed by atoms with E-state index in [4.69, 9.17) is 0 Å². The van der Waals surface area contributed by atoms with Crippen LogP contribution in [0.25, 0.3) is 0 Å². The lowest BCUT2D eigenvalue weighted by molar-refractivity contribution is -0.117. The van der Waals surface area contributed by atoms with Gasteiger partial charge in [-0.1, -0.05) is 0 Å². The minimum absolute atomic E-state index is 0.679. The average Bonchev–Trinajstić information content (AvgIpc) is 1.87. The molecule has 4 heteroatoms. The highest BCUT2D eigenvalue weighted by atomic mass is 32.2. The average molecular weight is 163 g/mol. The van der Waals surface area contributed by atoms with Crippen molar-refractivity contribution < 1.29 is 9.00 Å². The summed E-state index contributed by atoms with van der Waals surface area (Å²) in [5.74, 6) is 0.679. The highest BCUT2D eigenvalue weighted by Gasteiger charge is 1.94. The fraction of sp³-hybridized carbons (Fsp3) is 0.833. The largest absolute Gasteiger partial charge is 0.348 e. The van der Waals surface area contributed by atoms with E-state index < -0.39 is 10.8 Å². The molecule has 1 amide bonds. The Hall–Kier alpha value is -0.380. The third-order valence-corrected chi connectivity index (χ3v) is 1.99. The van der Waals surface area contributed by atoms with Crippen LogP contribution in [0.15, 0.2) is 0 Å². The summed E-state index contributed by atoms with van der Waals surface area (Å²) in [6.07, 6.45) is 3.26. The maximum Gasteiger partial charge on any atom is 0.209 e. The summed E-state index contributed by atoms with van der Waals surface area (Å²) in [6.45, 7) is 0.698. The second-order valence-corrected chi connectivity index (χ2v) is 3.77. The molecule has 3 nitrogen and oxygen atoms in total. The highest BCUT2D eigenvalue weighted by molar-refractivity contribution is 7.84. The molecule has 0 aromatic rings. The fourth-order valence-corrected chi connectivity index (χ4v) is 1.11. The highest BCUT2D eigenvalue weighted by Crippen LogP contribution is 1.85. The van der Waals surface area contributed by atoms with E-state index in [9.17, 15) is 9.00 Å². The van der Waals surface area contributed by atoms with Gasteiger partial charge in [0.1, 0.15) is 0 Å². The second kappa shape index (κ2) is 5.41. The molecule has 1 unspecified atom stereocenters. The molecule has 0 saturated carbocycles. The van der Waals surface area contributed by atoms with Crippen molar-refractivity contribution in [2.75, 3.05) is 25.6 Å². The van der Waals surface area contributed by atoms with E-state index in [1.54, 1.807) is 18.2 Å². The van der Waals surface area contributed by atoms with Gasteiger partial charge in [-0.15, -0.1) is 0 Å². The first kappa shape index (κ1) is 9.62. The molecular weight excluding hydrogens is 150 g/mol. The van der Waals surface area contributed by atoms with Gasteiger partial charge in [0.25, 0.3) is 0 Å². The molecule has 0 spiro atoms. The Labute approximate surface area is 63.9 Å². The number of amides is 1. The number of hydrogen-bond acceptors (Lipinski definition) is 2. The summed E-state index contributed by atoms with van der Waals surface area (Å²) in [7, 11) is 0.987. The first-order chi connectivity index (χ1) is 4.66. The quantitative estimate of drug-likeness (QED) is 0.528. The third kappa shape index (κ3) is 5.75. The summed E-state index contributed by atoms with van der Waals surface area (Å²) in [5, 5.41) is 0. The van der Waals surface area contributed by atoms with E-state index >= 15 is 0 Å². The summed E-state index contributed by atoms with van der Waals surface area (Å²) in [5.41, 5.74) is 0. The minimum atomic E-state index is -0.727. The zero-order valence-corrected chi connectivity index (χ0v) is 7.19. The lowest BCUT2D eigenvalue weighted by atomic mass is 10.5. The third-order valence-electron chi connectivity index (χ3n) is 1.12. The van der Waals surface area contributed by atoms with Crippen LogP contribution in [0.2, 0.25) is 0 Å². The van der Waals surface area contributed by atoms with Crippen LogP contribution in [-0.4, -0.2) is 41.1 Å². The summed E-state index contributed by atoms with van der Waals surface area (Å²) in [4.78, 5) is 11.6. The van der Waals surface area contributed by atoms with Gasteiger partial charge >= 0.3 is 0 Å². The first-order valence-corrected chi connectivity index (χ1v) is 4.85. The lowest BCUT2D eigenvalue weighted by Crippen LogP contribution is -2.18. The molecule has 0 aliphatic rings. The van der Waals surface area contributed by atoms with E-state index in [0.29, 0.717) is 12.3 Å². The maximum atomic E-state index is 10.5. The summed E-state index contributed by atoms with van der Waals surface area (Å²) >= 11 is 0. The van der Waals surface area contributed by atoms with Crippen molar-refractivity contribution in [3.63, 3.8) is 0 Å². The van der Waals surface area contributed by atoms with Crippen molar-refractivity contribution in [1.82, 2.24) is 4.90 Å². The van der Waals surface area contributed by atoms with Crippen LogP contribution in [0, 0.1) is 0 Å². The monoisotopic (exact) mass is 163 g/mol. The van der Waals surface area contributed by atoms with Gasteiger partial charge in [0, 0.05) is 36.4 Å². The minimum Gasteiger partial charge on any atom is -0.348 e. The molecule has 0 aliphatic heterocycles. The van der Waals surface area contributed by atoms with Gasteiger partial charge in [-0.05, 0) is 6.42 Å². The smallest absolute Gasteiger partial charge is 0.209 e. The molecule has 0 aliphatic carbocycles. The fourth-order valence-electron chi connectivity index (χ4n) is 0.570. The molecule has 0 radical (unpaired) electrons. The van der Waals surface area contributed by atoms with Gasteiger partial charge in [-0.3, -0.25) is 9.00 Å². The standard InChI is InChI=1S/C6H13NO2S/c1-7(6-8)4-3-5-10(2)9/h6H,3-5H2,1-2H3. The molecule has 10 heavy (non-hydrogen) atoms. The van der Waals surface area contributed by atoms with E-state index in [2.05, 4.69) is 0 Å². The number of carbonyl (C=O) groups excluding carboxylic acids is 1. The second-order valence-electron chi connectivity index (χ2n) is 2.22. The van der Waals surface area contributed by atoms with E-state index in [0.717, 1.165) is 12.8 Å². The Bertz CT molecular complexity index is 127. The number of nitrogens with zero attached hydrogens (tertiary/aromatic N) is 1. The molecule has 60 valence electrons. The van der Waals surface area contributed by atoms with E-state index in [1.165, 1.54) is 0 Å². The van der Waals surface area contributed by atoms with Crippen molar-refractivity contribution in [3.8, 4) is 0 Å². The van der Waals surface area contributed by atoms with Crippen LogP contribution in [0.4, 0.5) is 0 Å². The number of carbonyl (C=O) groups is 1. The predicted molar refractivity (Wildman–Crippen MR) is 42.2 cm³/mol. The molecule has 1 atom stereocenters. The van der Waals surface area contributed by atoms with Crippen molar-refractivity contribution in [1.29, 1.82) is 0 Å². The van der Waals surface area contributed by atoms with Crippen LogP contribution < -0.4 is 0 Å². The van der Waals surface area contributed by atoms with Gasteiger partial charge in [-0.2, -0.15) is 0 Å². The van der Waals surface area contributed by atoms with Crippen molar-refractivity contribution in [3.05, 3.63) is 0 Å². The van der Waals surface area contributed by atoms with Gasteiger partial charge < -0.3 is 4.90 Å². The predicted octanol–water partition coefficient (Wildman–Crippen LogP) is -0.157. The molecule has 0 aromatic heterocycles. The van der Waals surface area contributed by atoms with Crippen molar-refractivity contribution in [2.45, 2.75) is 6.42 Å². The Morgan fingerprint density at radius 2 is 2.20 bits per heavy atom. The molecule has 0 saturated heterocycles. The topological polar surface area (TPSA) is 37.4 Å². The number of rotatable bonds is 5. The van der Waals surface area contributed by atoms with E-state index in [1.807, 2.05) is 0 Å². The van der Waals surface area contributed by atoms with Gasteiger partial charge in [0.05, 0.1) is 0 Å². The zero-order chi connectivity index (χ0) is 7.98. The SMILES string of the molecule is CN(C=O)CCCS(C)=O. The molecular formula is C6H13NO2S. The van der Waals surface area contributed by atoms with Gasteiger partial charge in [0.2, 0.25) is 6.41 Å². The Morgan fingerprint density at radius 1 is 1.60 bits per heavy atom. The van der Waals surface area contributed by atoms with Crippen LogP contribution in [0.3, 0.4) is 0 Å². The molecule has 0 N–H and O–H groups in total. The Morgan fingerprint density at radius 3 is 2.60 bits per heavy atom. The van der Waals surface area contributed by atoms with Crippen molar-refractivity contribution >= 4 is 17.2 Å². The number of hydrogen-bond donors (Lipinski definition) is 0. The molecule has 0 bridgehead atoms. The summed E-state index contributed by atoms with van der Waals surface area (Å²) in [6, 6.07) is 0. The summed E-state index contributed by atoms with van der Waals surface area (Å²) < 4.78 is 10.5. The van der Waals surface area contributed by atoms with Gasteiger partial charge in [-0.25, -0.2) is 0 Å².